The van der Waals surface area contributed by atoms with E-state index in [2.05, 4.69) is 51.7 Å². The highest BCUT2D eigenvalue weighted by Crippen LogP contribution is 2.28. The third-order valence-corrected chi connectivity index (χ3v) is 4.00. The van der Waals surface area contributed by atoms with Gasteiger partial charge in [0.25, 0.3) is 0 Å². The molecule has 1 aromatic carbocycles. The molecule has 1 aliphatic heterocycles. The summed E-state index contributed by atoms with van der Waals surface area (Å²) in [6.45, 7) is 0.883. The van der Waals surface area contributed by atoms with Crippen LogP contribution in [0.2, 0.25) is 0 Å². The third-order valence-electron chi connectivity index (χ3n) is 2.83. The Morgan fingerprint density at radius 1 is 1.11 bits per heavy atom. The van der Waals surface area contributed by atoms with Crippen LogP contribution >= 0.6 is 11.8 Å². The first-order chi connectivity index (χ1) is 9.43. The van der Waals surface area contributed by atoms with Crippen molar-refractivity contribution in [3.63, 3.8) is 0 Å². The quantitative estimate of drug-likeness (QED) is 0.927. The average molecular weight is 269 g/mol. The maximum atomic E-state index is 4.42. The molecule has 3 rings (SSSR count). The van der Waals surface area contributed by atoms with Crippen LogP contribution in [0.4, 0.5) is 5.82 Å². The molecule has 3 nitrogen and oxygen atoms in total. The largest absolute Gasteiger partial charge is 0.308 e. The summed E-state index contributed by atoms with van der Waals surface area (Å²) in [4.78, 5) is 7.82. The number of anilines is 1. The molecule has 19 heavy (non-hydrogen) atoms. The average Bonchev–Trinajstić information content (AvgIpc) is 2.50. The summed E-state index contributed by atoms with van der Waals surface area (Å²) in [6, 6.07) is 16.4. The molecule has 1 N–H and O–H groups in total. The minimum absolute atomic E-state index is 0.169. The number of aromatic nitrogens is 1. The second-order valence-corrected chi connectivity index (χ2v) is 5.33. The predicted molar refractivity (Wildman–Crippen MR) is 79.9 cm³/mol. The lowest BCUT2D eigenvalue weighted by Crippen LogP contribution is -2.43. The molecule has 1 atom stereocenters. The molecule has 1 aromatic heterocycles. The van der Waals surface area contributed by atoms with Crippen LogP contribution in [0.1, 0.15) is 0 Å². The van der Waals surface area contributed by atoms with Gasteiger partial charge in [-0.15, -0.1) is 0 Å². The molecule has 4 heteroatoms. The van der Waals surface area contributed by atoms with Gasteiger partial charge < -0.3 is 4.90 Å². The minimum atomic E-state index is 0.169. The first kappa shape index (κ1) is 12.3. The van der Waals surface area contributed by atoms with Crippen molar-refractivity contribution < 1.29 is 0 Å². The summed E-state index contributed by atoms with van der Waals surface area (Å²) >= 11 is 1.79. The maximum absolute atomic E-state index is 4.42. The number of thioether (sulfide) groups is 1. The van der Waals surface area contributed by atoms with E-state index >= 15 is 0 Å². The van der Waals surface area contributed by atoms with Gasteiger partial charge in [-0.25, -0.2) is 4.98 Å². The molecule has 1 unspecified atom stereocenters. The number of pyridine rings is 1. The Balaban J connectivity index is 1.81. The monoisotopic (exact) mass is 269 g/mol. The highest BCUT2D eigenvalue weighted by molar-refractivity contribution is 8.00. The van der Waals surface area contributed by atoms with Gasteiger partial charge in [0.1, 0.15) is 11.3 Å². The SMILES string of the molecule is C1=CN(c2ccccn2)C(Sc2ccccc2)NC1. The molecule has 0 fully saturated rings. The van der Waals surface area contributed by atoms with Crippen LogP contribution in [-0.2, 0) is 0 Å². The Hall–Kier alpha value is -1.78. The normalized spacial score (nSPS) is 18.5. The number of nitrogens with zero attached hydrogens (tertiary/aromatic N) is 2. The molecule has 0 aliphatic carbocycles. The van der Waals surface area contributed by atoms with Crippen molar-refractivity contribution in [3.8, 4) is 0 Å². The van der Waals surface area contributed by atoms with Crippen LogP contribution in [0.15, 0.2) is 71.9 Å². The molecule has 1 aliphatic rings. The van der Waals surface area contributed by atoms with Gasteiger partial charge in [0.15, 0.2) is 0 Å². The van der Waals surface area contributed by atoms with Crippen molar-refractivity contribution in [2.75, 3.05) is 11.4 Å². The topological polar surface area (TPSA) is 28.2 Å². The Kier molecular flexibility index (Phi) is 3.81. The van der Waals surface area contributed by atoms with Gasteiger partial charge >= 0.3 is 0 Å². The van der Waals surface area contributed by atoms with Gasteiger partial charge in [0.05, 0.1) is 0 Å². The number of nitrogens with one attached hydrogen (secondary N) is 1. The van der Waals surface area contributed by atoms with Crippen molar-refractivity contribution in [2.45, 2.75) is 10.4 Å². The molecular formula is C15H15N3S. The smallest absolute Gasteiger partial charge is 0.138 e. The van der Waals surface area contributed by atoms with Crippen LogP contribution in [0.5, 0.6) is 0 Å². The zero-order valence-corrected chi connectivity index (χ0v) is 11.3. The molecule has 0 bridgehead atoms. The fraction of sp³-hybridized carbons (Fsp3) is 0.133. The minimum Gasteiger partial charge on any atom is -0.308 e. The molecule has 0 amide bonds. The van der Waals surface area contributed by atoms with E-state index in [9.17, 15) is 0 Å². The van der Waals surface area contributed by atoms with Crippen LogP contribution < -0.4 is 10.2 Å². The second-order valence-electron chi connectivity index (χ2n) is 4.17. The van der Waals surface area contributed by atoms with E-state index in [0.717, 1.165) is 12.4 Å². The summed E-state index contributed by atoms with van der Waals surface area (Å²) in [5.41, 5.74) is 0.169. The standard InChI is InChI=1S/C15H15N3S/c1-2-7-13(8-3-1)19-15-17-11-6-12-18(15)14-9-4-5-10-16-14/h1-10,12,15,17H,11H2. The van der Waals surface area contributed by atoms with Crippen LogP contribution in [0.3, 0.4) is 0 Å². The maximum Gasteiger partial charge on any atom is 0.138 e. The van der Waals surface area contributed by atoms with E-state index < -0.39 is 0 Å². The van der Waals surface area contributed by atoms with E-state index in [1.807, 2.05) is 30.5 Å². The summed E-state index contributed by atoms with van der Waals surface area (Å²) in [6.07, 6.45) is 6.03. The molecular weight excluding hydrogens is 254 g/mol. The Morgan fingerprint density at radius 2 is 1.95 bits per heavy atom. The third kappa shape index (κ3) is 2.97. The molecule has 2 heterocycles. The Morgan fingerprint density at radius 3 is 2.74 bits per heavy atom. The van der Waals surface area contributed by atoms with Gasteiger partial charge in [-0.2, -0.15) is 0 Å². The van der Waals surface area contributed by atoms with Gasteiger partial charge in [-0.3, -0.25) is 5.32 Å². The van der Waals surface area contributed by atoms with Crippen molar-refractivity contribution >= 4 is 17.6 Å². The first-order valence-corrected chi connectivity index (χ1v) is 7.12. The lowest BCUT2D eigenvalue weighted by Gasteiger charge is -2.32. The summed E-state index contributed by atoms with van der Waals surface area (Å²) in [5.74, 6) is 0.958. The summed E-state index contributed by atoms with van der Waals surface area (Å²) in [5, 5.41) is 3.48. The zero-order chi connectivity index (χ0) is 12.9. The highest BCUT2D eigenvalue weighted by atomic mass is 32.2. The van der Waals surface area contributed by atoms with Gasteiger partial charge in [0, 0.05) is 23.8 Å². The molecule has 0 saturated heterocycles. The second kappa shape index (κ2) is 5.91. The van der Waals surface area contributed by atoms with Crippen LogP contribution in [-0.4, -0.2) is 17.0 Å². The fourth-order valence-corrected chi connectivity index (χ4v) is 2.98. The van der Waals surface area contributed by atoms with E-state index in [0.29, 0.717) is 0 Å². The van der Waals surface area contributed by atoms with Crippen molar-refractivity contribution in [3.05, 3.63) is 67.0 Å². The Bertz CT molecular complexity index is 542. The van der Waals surface area contributed by atoms with Gasteiger partial charge in [0.2, 0.25) is 0 Å². The van der Waals surface area contributed by atoms with Crippen LogP contribution in [0, 0.1) is 0 Å². The predicted octanol–water partition coefficient (Wildman–Crippen LogP) is 3.08. The van der Waals surface area contributed by atoms with E-state index in [4.69, 9.17) is 0 Å². The molecule has 2 aromatic rings. The summed E-state index contributed by atoms with van der Waals surface area (Å²) < 4.78 is 0. The van der Waals surface area contributed by atoms with Gasteiger partial charge in [-0.05, 0) is 24.3 Å². The van der Waals surface area contributed by atoms with E-state index in [1.165, 1.54) is 4.90 Å². The van der Waals surface area contributed by atoms with Gasteiger partial charge in [-0.1, -0.05) is 42.1 Å². The van der Waals surface area contributed by atoms with Crippen molar-refractivity contribution in [1.29, 1.82) is 0 Å². The number of benzene rings is 1. The van der Waals surface area contributed by atoms with Crippen molar-refractivity contribution in [2.24, 2.45) is 0 Å². The number of hydrogen-bond donors (Lipinski definition) is 1. The number of rotatable bonds is 3. The molecule has 0 spiro atoms. The lowest BCUT2D eigenvalue weighted by atomic mass is 10.4. The first-order valence-electron chi connectivity index (χ1n) is 6.24. The lowest BCUT2D eigenvalue weighted by molar-refractivity contribution is 0.670. The van der Waals surface area contributed by atoms with E-state index in [1.54, 1.807) is 11.8 Å². The van der Waals surface area contributed by atoms with Crippen LogP contribution in [0.25, 0.3) is 0 Å². The Labute approximate surface area is 117 Å². The van der Waals surface area contributed by atoms with Crippen molar-refractivity contribution in [1.82, 2.24) is 10.3 Å². The summed E-state index contributed by atoms with van der Waals surface area (Å²) in [7, 11) is 0. The highest BCUT2D eigenvalue weighted by Gasteiger charge is 2.20. The molecule has 0 radical (unpaired) electrons. The fourth-order valence-electron chi connectivity index (χ4n) is 1.94. The molecule has 96 valence electrons. The van der Waals surface area contributed by atoms with E-state index in [-0.39, 0.29) is 5.50 Å². The molecule has 0 saturated carbocycles. The number of hydrogen-bond acceptors (Lipinski definition) is 4. The zero-order valence-electron chi connectivity index (χ0n) is 10.4.